The van der Waals surface area contributed by atoms with Crippen molar-refractivity contribution >= 4 is 23.6 Å². The molecular weight excluding hydrogens is 250 g/mol. The molecule has 1 saturated heterocycles. The molecule has 1 N–H and O–H groups in total. The molecule has 1 aromatic carbocycles. The maximum Gasteiger partial charge on any atom is 0.327 e. The Hall–Kier alpha value is -1.49. The van der Waals surface area contributed by atoms with Crippen LogP contribution < -0.4 is 0 Å². The van der Waals surface area contributed by atoms with Crippen LogP contribution in [0.5, 0.6) is 0 Å². The first-order valence-electron chi connectivity index (χ1n) is 5.69. The van der Waals surface area contributed by atoms with E-state index in [0.29, 0.717) is 17.2 Å². The fourth-order valence-electron chi connectivity index (χ4n) is 2.11. The molecule has 0 saturated carbocycles. The molecule has 1 aromatic rings. The number of aliphatic carboxylic acids is 1. The van der Waals surface area contributed by atoms with E-state index in [1.807, 2.05) is 19.9 Å². The number of nitrogens with zero attached hydrogens (tertiary/aromatic N) is 1. The Bertz CT molecular complexity index is 481. The fraction of sp³-hybridized carbons (Fsp3) is 0.385. The highest BCUT2D eigenvalue weighted by molar-refractivity contribution is 7.99. The summed E-state index contributed by atoms with van der Waals surface area (Å²) in [5.74, 6) is -0.216. The third kappa shape index (κ3) is 2.51. The topological polar surface area (TPSA) is 57.6 Å². The van der Waals surface area contributed by atoms with Crippen molar-refractivity contribution in [1.82, 2.24) is 4.90 Å². The molecule has 0 aromatic heterocycles. The van der Waals surface area contributed by atoms with Crippen LogP contribution in [0.1, 0.15) is 21.5 Å². The molecule has 1 unspecified atom stereocenters. The van der Waals surface area contributed by atoms with Crippen molar-refractivity contribution in [3.05, 3.63) is 34.9 Å². The van der Waals surface area contributed by atoms with Crippen molar-refractivity contribution in [2.75, 3.05) is 11.6 Å². The zero-order valence-corrected chi connectivity index (χ0v) is 11.2. The molecule has 1 heterocycles. The van der Waals surface area contributed by atoms with Crippen molar-refractivity contribution in [2.45, 2.75) is 19.9 Å². The van der Waals surface area contributed by atoms with E-state index in [1.54, 1.807) is 12.1 Å². The summed E-state index contributed by atoms with van der Waals surface area (Å²) in [5.41, 5.74) is 2.59. The summed E-state index contributed by atoms with van der Waals surface area (Å²) in [6.07, 6.45) is 0. The second kappa shape index (κ2) is 5.02. The van der Waals surface area contributed by atoms with E-state index in [4.69, 9.17) is 5.11 Å². The lowest BCUT2D eigenvalue weighted by Crippen LogP contribution is -2.41. The van der Waals surface area contributed by atoms with Gasteiger partial charge in [-0.05, 0) is 26.0 Å². The number of carboxylic acid groups (broad SMARTS) is 1. The molecule has 2 rings (SSSR count). The van der Waals surface area contributed by atoms with Gasteiger partial charge in [-0.3, -0.25) is 4.79 Å². The molecule has 1 aliphatic rings. The third-order valence-corrected chi connectivity index (χ3v) is 3.91. The third-order valence-electron chi connectivity index (χ3n) is 2.90. The molecule has 4 nitrogen and oxygen atoms in total. The maximum atomic E-state index is 12.3. The average molecular weight is 265 g/mol. The van der Waals surface area contributed by atoms with Crippen LogP contribution in [0.25, 0.3) is 0 Å². The maximum absolute atomic E-state index is 12.3. The van der Waals surface area contributed by atoms with E-state index < -0.39 is 12.0 Å². The molecule has 96 valence electrons. The van der Waals surface area contributed by atoms with Crippen LogP contribution in [-0.2, 0) is 4.79 Å². The molecule has 0 spiro atoms. The van der Waals surface area contributed by atoms with E-state index in [0.717, 1.165) is 11.1 Å². The Morgan fingerprint density at radius 3 is 2.44 bits per heavy atom. The number of hydrogen-bond donors (Lipinski definition) is 1. The minimum atomic E-state index is -0.933. The van der Waals surface area contributed by atoms with Crippen LogP contribution in [0.15, 0.2) is 18.2 Å². The van der Waals surface area contributed by atoms with Gasteiger partial charge in [-0.25, -0.2) is 4.79 Å². The normalized spacial score (nSPS) is 19.0. The predicted octanol–water partition coefficient (Wildman–Crippen LogP) is 1.90. The lowest BCUT2D eigenvalue weighted by molar-refractivity contribution is -0.140. The Kier molecular flexibility index (Phi) is 3.61. The molecule has 1 aliphatic heterocycles. The first-order chi connectivity index (χ1) is 8.49. The van der Waals surface area contributed by atoms with E-state index in [1.165, 1.54) is 16.7 Å². The summed E-state index contributed by atoms with van der Waals surface area (Å²) in [7, 11) is 0. The highest BCUT2D eigenvalue weighted by atomic mass is 32.2. The smallest absolute Gasteiger partial charge is 0.327 e. The molecule has 0 radical (unpaired) electrons. The number of benzene rings is 1. The van der Waals surface area contributed by atoms with Gasteiger partial charge in [-0.1, -0.05) is 17.2 Å². The number of aryl methyl sites for hydroxylation is 2. The summed E-state index contributed by atoms with van der Waals surface area (Å²) >= 11 is 1.47. The first-order valence-corrected chi connectivity index (χ1v) is 6.84. The molecule has 18 heavy (non-hydrogen) atoms. The van der Waals surface area contributed by atoms with Crippen LogP contribution in [-0.4, -0.2) is 39.6 Å². The highest BCUT2D eigenvalue weighted by Gasteiger charge is 2.34. The summed E-state index contributed by atoms with van der Waals surface area (Å²) in [4.78, 5) is 24.8. The minimum absolute atomic E-state index is 0.195. The van der Waals surface area contributed by atoms with Crippen molar-refractivity contribution in [1.29, 1.82) is 0 Å². The van der Waals surface area contributed by atoms with E-state index in [-0.39, 0.29) is 5.91 Å². The quantitative estimate of drug-likeness (QED) is 0.887. The van der Waals surface area contributed by atoms with Gasteiger partial charge in [-0.2, -0.15) is 0 Å². The van der Waals surface area contributed by atoms with E-state index in [9.17, 15) is 9.59 Å². The van der Waals surface area contributed by atoms with Gasteiger partial charge in [0, 0.05) is 11.3 Å². The van der Waals surface area contributed by atoms with Crippen molar-refractivity contribution in [3.8, 4) is 0 Å². The van der Waals surface area contributed by atoms with Crippen LogP contribution in [0.4, 0.5) is 0 Å². The number of carbonyl (C=O) groups is 2. The average Bonchev–Trinajstić information content (AvgIpc) is 2.75. The number of rotatable bonds is 2. The number of amides is 1. The Morgan fingerprint density at radius 2 is 1.89 bits per heavy atom. The predicted molar refractivity (Wildman–Crippen MR) is 70.8 cm³/mol. The Balaban J connectivity index is 2.28. The van der Waals surface area contributed by atoms with Crippen molar-refractivity contribution in [3.63, 3.8) is 0 Å². The molecule has 1 amide bonds. The SMILES string of the molecule is Cc1cc(C)cc(C(=O)N2CSCC2C(=O)O)c1. The van der Waals surface area contributed by atoms with Gasteiger partial charge < -0.3 is 10.0 Å². The van der Waals surface area contributed by atoms with Gasteiger partial charge in [0.05, 0.1) is 5.88 Å². The zero-order valence-electron chi connectivity index (χ0n) is 10.3. The second-order valence-electron chi connectivity index (χ2n) is 4.51. The lowest BCUT2D eigenvalue weighted by atomic mass is 10.1. The van der Waals surface area contributed by atoms with Gasteiger partial charge in [0.2, 0.25) is 0 Å². The number of hydrogen-bond acceptors (Lipinski definition) is 3. The molecule has 5 heteroatoms. The molecule has 1 fully saturated rings. The summed E-state index contributed by atoms with van der Waals surface area (Å²) in [6, 6.07) is 4.89. The number of thioether (sulfide) groups is 1. The fourth-order valence-corrected chi connectivity index (χ4v) is 3.26. The van der Waals surface area contributed by atoms with Gasteiger partial charge >= 0.3 is 5.97 Å². The van der Waals surface area contributed by atoms with Crippen molar-refractivity contribution < 1.29 is 14.7 Å². The van der Waals surface area contributed by atoms with Gasteiger partial charge in [-0.15, -0.1) is 11.8 Å². The van der Waals surface area contributed by atoms with Crippen LogP contribution in [0.2, 0.25) is 0 Å². The zero-order chi connectivity index (χ0) is 13.3. The molecule has 1 atom stereocenters. The summed E-state index contributed by atoms with van der Waals surface area (Å²) in [5, 5.41) is 9.08. The molecule has 0 bridgehead atoms. The minimum Gasteiger partial charge on any atom is -0.480 e. The molecule has 0 aliphatic carbocycles. The van der Waals surface area contributed by atoms with Gasteiger partial charge in [0.25, 0.3) is 5.91 Å². The summed E-state index contributed by atoms with van der Waals surface area (Å²) in [6.45, 7) is 3.86. The van der Waals surface area contributed by atoms with E-state index >= 15 is 0 Å². The highest BCUT2D eigenvalue weighted by Crippen LogP contribution is 2.24. The second-order valence-corrected chi connectivity index (χ2v) is 5.51. The van der Waals surface area contributed by atoms with Crippen LogP contribution in [0.3, 0.4) is 0 Å². The first kappa shape index (κ1) is 13.0. The monoisotopic (exact) mass is 265 g/mol. The van der Waals surface area contributed by atoms with Gasteiger partial charge in [0.15, 0.2) is 0 Å². The summed E-state index contributed by atoms with van der Waals surface area (Å²) < 4.78 is 0. The van der Waals surface area contributed by atoms with Gasteiger partial charge in [0.1, 0.15) is 6.04 Å². The largest absolute Gasteiger partial charge is 0.480 e. The Labute approximate surface area is 110 Å². The number of carbonyl (C=O) groups excluding carboxylic acids is 1. The molecular formula is C13H15NO3S. The Morgan fingerprint density at radius 1 is 1.28 bits per heavy atom. The van der Waals surface area contributed by atoms with Crippen molar-refractivity contribution in [2.24, 2.45) is 0 Å². The lowest BCUT2D eigenvalue weighted by Gasteiger charge is -2.20. The van der Waals surface area contributed by atoms with E-state index in [2.05, 4.69) is 0 Å². The number of carboxylic acids is 1. The van der Waals surface area contributed by atoms with Crippen LogP contribution >= 0.6 is 11.8 Å². The van der Waals surface area contributed by atoms with Crippen LogP contribution in [0, 0.1) is 13.8 Å². The standard InChI is InChI=1S/C13H15NO3S/c1-8-3-9(2)5-10(4-8)12(15)14-7-18-6-11(14)13(16)17/h3-5,11H,6-7H2,1-2H3,(H,16,17).